The van der Waals surface area contributed by atoms with Crippen LogP contribution in [0.15, 0.2) is 50.4 Å². The lowest BCUT2D eigenvalue weighted by Gasteiger charge is -1.96. The number of carbonyl (C=O) groups excluding carboxylic acids is 1. The molecular formula is C12H10BrN3O2. The van der Waals surface area contributed by atoms with Gasteiger partial charge < -0.3 is 10.2 Å². The number of furan rings is 1. The molecule has 92 valence electrons. The molecule has 3 N–H and O–H groups in total. The van der Waals surface area contributed by atoms with Gasteiger partial charge in [0.05, 0.1) is 6.21 Å². The quantitative estimate of drug-likeness (QED) is 0.675. The highest BCUT2D eigenvalue weighted by Gasteiger charge is 2.03. The minimum absolute atomic E-state index is 0.529. The second-order valence-corrected chi connectivity index (χ2v) is 4.36. The number of nitrogens with two attached hydrogens (primary N) is 1. The number of nitrogens with one attached hydrogen (secondary N) is 1. The van der Waals surface area contributed by atoms with E-state index in [1.807, 2.05) is 30.3 Å². The Morgan fingerprint density at radius 2 is 2.00 bits per heavy atom. The van der Waals surface area contributed by atoms with Crippen LogP contribution >= 0.6 is 15.9 Å². The van der Waals surface area contributed by atoms with Crippen LogP contribution in [0.5, 0.6) is 0 Å². The second-order valence-electron chi connectivity index (χ2n) is 3.44. The van der Waals surface area contributed by atoms with Crippen LogP contribution in [0.2, 0.25) is 0 Å². The van der Waals surface area contributed by atoms with Crippen LogP contribution in [0, 0.1) is 0 Å². The molecule has 6 heteroatoms. The van der Waals surface area contributed by atoms with Crippen molar-refractivity contribution >= 4 is 28.2 Å². The average molecular weight is 308 g/mol. The molecule has 1 heterocycles. The molecule has 0 radical (unpaired) electrons. The number of rotatable bonds is 3. The van der Waals surface area contributed by atoms with Crippen molar-refractivity contribution in [3.05, 3.63) is 46.6 Å². The third-order valence-corrected chi connectivity index (χ3v) is 2.65. The number of hydrogen-bond donors (Lipinski definition) is 2. The number of carbonyl (C=O) groups is 1. The van der Waals surface area contributed by atoms with Crippen LogP contribution in [0.4, 0.5) is 4.79 Å². The Kier molecular flexibility index (Phi) is 3.78. The highest BCUT2D eigenvalue weighted by atomic mass is 79.9. The number of amides is 2. The van der Waals surface area contributed by atoms with Crippen molar-refractivity contribution in [3.8, 4) is 11.3 Å². The van der Waals surface area contributed by atoms with Gasteiger partial charge in [-0.3, -0.25) is 0 Å². The Bertz CT molecular complexity index is 575. The van der Waals surface area contributed by atoms with Gasteiger partial charge in [0.1, 0.15) is 11.5 Å². The Morgan fingerprint density at radius 1 is 1.28 bits per heavy atom. The summed E-state index contributed by atoms with van der Waals surface area (Å²) >= 11 is 3.37. The summed E-state index contributed by atoms with van der Waals surface area (Å²) in [4.78, 5) is 10.4. The third-order valence-electron chi connectivity index (χ3n) is 2.12. The normalized spacial score (nSPS) is 10.7. The summed E-state index contributed by atoms with van der Waals surface area (Å²) in [6, 6.07) is 10.6. The zero-order valence-corrected chi connectivity index (χ0v) is 10.8. The molecule has 0 bridgehead atoms. The number of hydrazone groups is 1. The van der Waals surface area contributed by atoms with Crippen molar-refractivity contribution in [3.63, 3.8) is 0 Å². The molecule has 0 aliphatic rings. The summed E-state index contributed by atoms with van der Waals surface area (Å²) < 4.78 is 6.54. The van der Waals surface area contributed by atoms with Crippen molar-refractivity contribution in [2.75, 3.05) is 0 Å². The van der Waals surface area contributed by atoms with Crippen molar-refractivity contribution in [2.45, 2.75) is 0 Å². The number of benzene rings is 1. The van der Waals surface area contributed by atoms with E-state index >= 15 is 0 Å². The molecule has 0 atom stereocenters. The fourth-order valence-corrected chi connectivity index (χ4v) is 1.62. The Hall–Kier alpha value is -2.08. The van der Waals surface area contributed by atoms with Gasteiger partial charge >= 0.3 is 6.03 Å². The van der Waals surface area contributed by atoms with Crippen molar-refractivity contribution < 1.29 is 9.21 Å². The predicted molar refractivity (Wildman–Crippen MR) is 72.2 cm³/mol. The lowest BCUT2D eigenvalue weighted by atomic mass is 10.2. The first kappa shape index (κ1) is 12.4. The van der Waals surface area contributed by atoms with E-state index in [1.165, 1.54) is 6.21 Å². The van der Waals surface area contributed by atoms with Crippen molar-refractivity contribution in [1.29, 1.82) is 0 Å². The maximum absolute atomic E-state index is 10.4. The highest BCUT2D eigenvalue weighted by Crippen LogP contribution is 2.23. The molecule has 0 spiro atoms. The Morgan fingerprint density at radius 3 is 2.67 bits per heavy atom. The van der Waals surface area contributed by atoms with Crippen LogP contribution in [-0.2, 0) is 0 Å². The number of nitrogens with zero attached hydrogens (tertiary/aromatic N) is 1. The van der Waals surface area contributed by atoms with Crippen LogP contribution in [0.3, 0.4) is 0 Å². The summed E-state index contributed by atoms with van der Waals surface area (Å²) in [5.41, 5.74) is 7.92. The smallest absolute Gasteiger partial charge is 0.332 e. The molecule has 1 aromatic heterocycles. The molecule has 2 amide bonds. The van der Waals surface area contributed by atoms with E-state index in [2.05, 4.69) is 26.5 Å². The van der Waals surface area contributed by atoms with E-state index in [-0.39, 0.29) is 0 Å². The van der Waals surface area contributed by atoms with E-state index in [0.717, 1.165) is 15.8 Å². The maximum Gasteiger partial charge on any atom is 0.332 e. The summed E-state index contributed by atoms with van der Waals surface area (Å²) in [5.74, 6) is 1.25. The topological polar surface area (TPSA) is 80.6 Å². The summed E-state index contributed by atoms with van der Waals surface area (Å²) in [6.07, 6.45) is 1.38. The molecule has 2 rings (SSSR count). The first-order valence-corrected chi connectivity index (χ1v) is 5.89. The first-order chi connectivity index (χ1) is 8.65. The lowest BCUT2D eigenvalue weighted by molar-refractivity contribution is 0.249. The number of primary amides is 1. The van der Waals surface area contributed by atoms with E-state index in [1.54, 1.807) is 6.07 Å². The molecule has 0 aliphatic heterocycles. The fraction of sp³-hybridized carbons (Fsp3) is 0. The van der Waals surface area contributed by atoms with Crippen LogP contribution in [0.1, 0.15) is 5.76 Å². The van der Waals surface area contributed by atoms with E-state index in [9.17, 15) is 4.79 Å². The Balaban J connectivity index is 2.12. The lowest BCUT2D eigenvalue weighted by Crippen LogP contribution is -2.24. The molecule has 18 heavy (non-hydrogen) atoms. The zero-order chi connectivity index (χ0) is 13.0. The summed E-state index contributed by atoms with van der Waals surface area (Å²) in [6.45, 7) is 0. The Labute approximate surface area is 112 Å². The number of hydrogen-bond acceptors (Lipinski definition) is 3. The monoisotopic (exact) mass is 307 g/mol. The van der Waals surface area contributed by atoms with Crippen LogP contribution in [-0.4, -0.2) is 12.2 Å². The fourth-order valence-electron chi connectivity index (χ4n) is 1.35. The largest absolute Gasteiger partial charge is 0.455 e. The van der Waals surface area contributed by atoms with Gasteiger partial charge in [0.2, 0.25) is 0 Å². The average Bonchev–Trinajstić information content (AvgIpc) is 2.78. The number of urea groups is 1. The van der Waals surface area contributed by atoms with Gasteiger partial charge in [-0.1, -0.05) is 28.1 Å². The molecular weight excluding hydrogens is 298 g/mol. The highest BCUT2D eigenvalue weighted by molar-refractivity contribution is 9.10. The summed E-state index contributed by atoms with van der Waals surface area (Å²) in [7, 11) is 0. The van der Waals surface area contributed by atoms with E-state index in [4.69, 9.17) is 10.2 Å². The second kappa shape index (κ2) is 5.50. The standard InChI is InChI=1S/C12H10BrN3O2/c13-9-3-1-8(2-4-9)11-6-5-10(18-11)7-15-16-12(14)17/h1-7H,(H3,14,16,17)/b15-7+. The van der Waals surface area contributed by atoms with Gasteiger partial charge in [0.15, 0.2) is 0 Å². The minimum Gasteiger partial charge on any atom is -0.455 e. The molecule has 5 nitrogen and oxygen atoms in total. The molecule has 0 saturated carbocycles. The van der Waals surface area contributed by atoms with Crippen molar-refractivity contribution in [2.24, 2.45) is 10.8 Å². The van der Waals surface area contributed by atoms with Gasteiger partial charge in [-0.25, -0.2) is 10.2 Å². The first-order valence-electron chi connectivity index (χ1n) is 5.09. The van der Waals surface area contributed by atoms with Crippen LogP contribution < -0.4 is 11.2 Å². The van der Waals surface area contributed by atoms with Gasteiger partial charge in [-0.2, -0.15) is 5.10 Å². The zero-order valence-electron chi connectivity index (χ0n) is 9.26. The van der Waals surface area contributed by atoms with Gasteiger partial charge in [0.25, 0.3) is 0 Å². The predicted octanol–water partition coefficient (Wildman–Crippen LogP) is 2.71. The molecule has 0 saturated heterocycles. The maximum atomic E-state index is 10.4. The van der Waals surface area contributed by atoms with Crippen molar-refractivity contribution in [1.82, 2.24) is 5.43 Å². The molecule has 1 aromatic carbocycles. The molecule has 0 unspecified atom stereocenters. The van der Waals surface area contributed by atoms with Crippen LogP contribution in [0.25, 0.3) is 11.3 Å². The number of halogens is 1. The van der Waals surface area contributed by atoms with E-state index in [0.29, 0.717) is 5.76 Å². The third kappa shape index (κ3) is 3.21. The minimum atomic E-state index is -0.717. The molecule has 0 fully saturated rings. The summed E-state index contributed by atoms with van der Waals surface area (Å²) in [5, 5.41) is 3.61. The van der Waals surface area contributed by atoms with E-state index < -0.39 is 6.03 Å². The molecule has 0 aliphatic carbocycles. The SMILES string of the molecule is NC(=O)N/N=C/c1ccc(-c2ccc(Br)cc2)o1. The molecule has 2 aromatic rings. The van der Waals surface area contributed by atoms with Gasteiger partial charge in [0, 0.05) is 10.0 Å². The van der Waals surface area contributed by atoms with Gasteiger partial charge in [-0.05, 0) is 24.3 Å². The van der Waals surface area contributed by atoms with Gasteiger partial charge in [-0.15, -0.1) is 0 Å².